The quantitative estimate of drug-likeness (QED) is 0.745. The third-order valence-corrected chi connectivity index (χ3v) is 4.59. The molecule has 0 spiro atoms. The van der Waals surface area contributed by atoms with Crippen molar-refractivity contribution in [3.63, 3.8) is 0 Å². The second-order valence-electron chi connectivity index (χ2n) is 6.27. The van der Waals surface area contributed by atoms with E-state index in [1.54, 1.807) is 12.1 Å². The van der Waals surface area contributed by atoms with E-state index in [1.807, 2.05) is 44.2 Å². The topological polar surface area (TPSA) is 58.1 Å². The summed E-state index contributed by atoms with van der Waals surface area (Å²) in [5, 5.41) is 2.95. The van der Waals surface area contributed by atoms with Gasteiger partial charge in [-0.2, -0.15) is 0 Å². The molecule has 1 heterocycles. The summed E-state index contributed by atoms with van der Waals surface area (Å²) in [5.74, 6) is -0.150. The van der Waals surface area contributed by atoms with Gasteiger partial charge in [-0.3, -0.25) is 4.79 Å². The minimum absolute atomic E-state index is 0.150. The fraction of sp³-hybridized carbons (Fsp3) is 0.286. The van der Waals surface area contributed by atoms with Crippen LogP contribution in [-0.4, -0.2) is 29.0 Å². The van der Waals surface area contributed by atoms with Crippen LogP contribution in [0.5, 0.6) is 0 Å². The number of carbonyl (C=O) groups excluding carboxylic acids is 1. The predicted octanol–water partition coefficient (Wildman–Crippen LogP) is 4.35. The number of amides is 1. The van der Waals surface area contributed by atoms with E-state index < -0.39 is 0 Å². The SMILES string of the molecule is CCN(CC)c1ccc(NC(=O)c2ccc3nc(C)c(C)nc3c2)cc1. The summed E-state index contributed by atoms with van der Waals surface area (Å²) in [6, 6.07) is 13.3. The number of aryl methyl sites for hydroxylation is 2. The Labute approximate surface area is 154 Å². The Balaban J connectivity index is 1.79. The molecule has 0 aliphatic heterocycles. The largest absolute Gasteiger partial charge is 0.372 e. The second kappa shape index (κ2) is 7.52. The van der Waals surface area contributed by atoms with Crippen molar-refractivity contribution in [3.8, 4) is 0 Å². The van der Waals surface area contributed by atoms with Crippen molar-refractivity contribution < 1.29 is 4.79 Å². The van der Waals surface area contributed by atoms with Gasteiger partial charge in [0, 0.05) is 30.0 Å². The van der Waals surface area contributed by atoms with Crippen LogP contribution in [-0.2, 0) is 0 Å². The van der Waals surface area contributed by atoms with Gasteiger partial charge >= 0.3 is 0 Å². The normalized spacial score (nSPS) is 10.8. The molecule has 0 radical (unpaired) electrons. The smallest absolute Gasteiger partial charge is 0.255 e. The Hall–Kier alpha value is -2.95. The van der Waals surface area contributed by atoms with Crippen LogP contribution in [0, 0.1) is 13.8 Å². The van der Waals surface area contributed by atoms with Gasteiger partial charge in [0.15, 0.2) is 0 Å². The van der Waals surface area contributed by atoms with Crippen LogP contribution in [0.15, 0.2) is 42.5 Å². The lowest BCUT2D eigenvalue weighted by molar-refractivity contribution is 0.102. The molecule has 0 atom stereocenters. The third kappa shape index (κ3) is 3.67. The number of benzene rings is 2. The highest BCUT2D eigenvalue weighted by atomic mass is 16.1. The van der Waals surface area contributed by atoms with Gasteiger partial charge in [-0.15, -0.1) is 0 Å². The first kappa shape index (κ1) is 17.9. The molecular formula is C21H24N4O. The molecule has 3 aromatic rings. The molecule has 0 fully saturated rings. The van der Waals surface area contributed by atoms with Gasteiger partial charge in [0.1, 0.15) is 0 Å². The number of hydrogen-bond donors (Lipinski definition) is 1. The number of nitrogens with zero attached hydrogens (tertiary/aromatic N) is 3. The van der Waals surface area contributed by atoms with E-state index in [9.17, 15) is 4.79 Å². The third-order valence-electron chi connectivity index (χ3n) is 4.59. The average molecular weight is 348 g/mol. The zero-order valence-electron chi connectivity index (χ0n) is 15.7. The number of aromatic nitrogens is 2. The molecule has 1 aromatic heterocycles. The molecule has 0 bridgehead atoms. The lowest BCUT2D eigenvalue weighted by Gasteiger charge is -2.21. The lowest BCUT2D eigenvalue weighted by Crippen LogP contribution is -2.21. The van der Waals surface area contributed by atoms with Crippen molar-refractivity contribution >= 4 is 28.3 Å². The van der Waals surface area contributed by atoms with Gasteiger partial charge in [0.25, 0.3) is 5.91 Å². The predicted molar refractivity (Wildman–Crippen MR) is 107 cm³/mol. The maximum absolute atomic E-state index is 12.6. The van der Waals surface area contributed by atoms with E-state index in [-0.39, 0.29) is 5.91 Å². The van der Waals surface area contributed by atoms with E-state index in [2.05, 4.69) is 34.0 Å². The van der Waals surface area contributed by atoms with Crippen molar-refractivity contribution in [2.24, 2.45) is 0 Å². The molecule has 0 saturated heterocycles. The summed E-state index contributed by atoms with van der Waals surface area (Å²) in [5.41, 5.74) is 5.82. The van der Waals surface area contributed by atoms with Crippen molar-refractivity contribution in [1.29, 1.82) is 0 Å². The Morgan fingerprint density at radius 2 is 1.54 bits per heavy atom. The van der Waals surface area contributed by atoms with Crippen molar-refractivity contribution in [3.05, 3.63) is 59.4 Å². The molecule has 5 nitrogen and oxygen atoms in total. The van der Waals surface area contributed by atoms with Crippen molar-refractivity contribution in [2.75, 3.05) is 23.3 Å². The van der Waals surface area contributed by atoms with Crippen LogP contribution in [0.4, 0.5) is 11.4 Å². The fourth-order valence-electron chi connectivity index (χ4n) is 2.92. The number of anilines is 2. The second-order valence-corrected chi connectivity index (χ2v) is 6.27. The Bertz CT molecular complexity index is 931. The van der Waals surface area contributed by atoms with Crippen LogP contribution in [0.25, 0.3) is 11.0 Å². The summed E-state index contributed by atoms with van der Waals surface area (Å²) >= 11 is 0. The minimum atomic E-state index is -0.150. The minimum Gasteiger partial charge on any atom is -0.372 e. The highest BCUT2D eigenvalue weighted by Gasteiger charge is 2.10. The summed E-state index contributed by atoms with van der Waals surface area (Å²) in [7, 11) is 0. The number of rotatable bonds is 5. The van der Waals surface area contributed by atoms with Crippen LogP contribution in [0.1, 0.15) is 35.6 Å². The van der Waals surface area contributed by atoms with E-state index in [1.165, 1.54) is 0 Å². The van der Waals surface area contributed by atoms with Crippen molar-refractivity contribution in [2.45, 2.75) is 27.7 Å². The van der Waals surface area contributed by atoms with Gasteiger partial charge in [0.05, 0.1) is 22.4 Å². The van der Waals surface area contributed by atoms with Crippen molar-refractivity contribution in [1.82, 2.24) is 9.97 Å². The van der Waals surface area contributed by atoms with Gasteiger partial charge in [0.2, 0.25) is 0 Å². The molecular weight excluding hydrogens is 324 g/mol. The standard InChI is InChI=1S/C21H24N4O/c1-5-25(6-2)18-10-8-17(9-11-18)24-21(26)16-7-12-19-20(13-16)23-15(4)14(3)22-19/h7-13H,5-6H2,1-4H3,(H,24,26). The Morgan fingerprint density at radius 1 is 0.923 bits per heavy atom. The van der Waals surface area contributed by atoms with Crippen LogP contribution >= 0.6 is 0 Å². The first-order valence-electron chi connectivity index (χ1n) is 8.93. The molecule has 2 aromatic carbocycles. The van der Waals surface area contributed by atoms with Gasteiger partial charge in [-0.05, 0) is 70.2 Å². The lowest BCUT2D eigenvalue weighted by atomic mass is 10.1. The first-order valence-corrected chi connectivity index (χ1v) is 8.93. The van der Waals surface area contributed by atoms with E-state index >= 15 is 0 Å². The summed E-state index contributed by atoms with van der Waals surface area (Å²) in [6.07, 6.45) is 0. The average Bonchev–Trinajstić information content (AvgIpc) is 2.64. The molecule has 0 unspecified atom stereocenters. The number of nitrogens with one attached hydrogen (secondary N) is 1. The molecule has 1 amide bonds. The highest BCUT2D eigenvalue weighted by Crippen LogP contribution is 2.19. The Kier molecular flexibility index (Phi) is 5.16. The van der Waals surface area contributed by atoms with Crippen LogP contribution in [0.3, 0.4) is 0 Å². The molecule has 0 aliphatic rings. The monoisotopic (exact) mass is 348 g/mol. The molecule has 26 heavy (non-hydrogen) atoms. The fourth-order valence-corrected chi connectivity index (χ4v) is 2.92. The van der Waals surface area contributed by atoms with E-state index in [0.717, 1.165) is 46.9 Å². The first-order chi connectivity index (χ1) is 12.5. The molecule has 3 rings (SSSR count). The zero-order chi connectivity index (χ0) is 18.7. The Morgan fingerprint density at radius 3 is 2.15 bits per heavy atom. The molecule has 1 N–H and O–H groups in total. The maximum Gasteiger partial charge on any atom is 0.255 e. The van der Waals surface area contributed by atoms with Gasteiger partial charge in [-0.25, -0.2) is 9.97 Å². The summed E-state index contributed by atoms with van der Waals surface area (Å²) in [6.45, 7) is 10.0. The number of fused-ring (bicyclic) bond motifs is 1. The van der Waals surface area contributed by atoms with E-state index in [0.29, 0.717) is 5.56 Å². The molecule has 5 heteroatoms. The van der Waals surface area contributed by atoms with Gasteiger partial charge in [-0.1, -0.05) is 0 Å². The zero-order valence-corrected chi connectivity index (χ0v) is 15.7. The van der Waals surface area contributed by atoms with Crippen LogP contribution < -0.4 is 10.2 Å². The number of hydrogen-bond acceptors (Lipinski definition) is 4. The number of carbonyl (C=O) groups is 1. The van der Waals surface area contributed by atoms with E-state index in [4.69, 9.17) is 0 Å². The summed E-state index contributed by atoms with van der Waals surface area (Å²) in [4.78, 5) is 23.9. The summed E-state index contributed by atoms with van der Waals surface area (Å²) < 4.78 is 0. The molecule has 134 valence electrons. The maximum atomic E-state index is 12.6. The van der Waals surface area contributed by atoms with Gasteiger partial charge < -0.3 is 10.2 Å². The van der Waals surface area contributed by atoms with Crippen LogP contribution in [0.2, 0.25) is 0 Å². The highest BCUT2D eigenvalue weighted by molar-refractivity contribution is 6.05. The molecule has 0 saturated carbocycles. The molecule has 0 aliphatic carbocycles.